The van der Waals surface area contributed by atoms with Gasteiger partial charge in [0.2, 0.25) is 10.0 Å². The second kappa shape index (κ2) is 7.96. The summed E-state index contributed by atoms with van der Waals surface area (Å²) in [4.78, 5) is 14.3. The first-order valence-electron chi connectivity index (χ1n) is 9.06. The Balaban J connectivity index is 2.09. The standard InChI is InChI=1S/C19H30N2O4S/c1-6-17-13-16(8-7-15(17)2)14-20-9-10-21(26(23,24)12-11-20)18(22)25-19(3,4)5/h7-8,13H,6,9-12,14H2,1-5H3. The summed E-state index contributed by atoms with van der Waals surface area (Å²) in [6.45, 7) is 11.1. The zero-order chi connectivity index (χ0) is 19.5. The van der Waals surface area contributed by atoms with Gasteiger partial charge in [0.05, 0.1) is 12.3 Å². The molecular formula is C19H30N2O4S. The van der Waals surface area contributed by atoms with E-state index in [1.54, 1.807) is 20.8 Å². The monoisotopic (exact) mass is 382 g/mol. The maximum atomic E-state index is 12.5. The van der Waals surface area contributed by atoms with Crippen LogP contribution in [0.2, 0.25) is 0 Å². The zero-order valence-electron chi connectivity index (χ0n) is 16.4. The minimum Gasteiger partial charge on any atom is -0.443 e. The fourth-order valence-electron chi connectivity index (χ4n) is 2.98. The third kappa shape index (κ3) is 5.45. The molecule has 0 N–H and O–H groups in total. The highest BCUT2D eigenvalue weighted by atomic mass is 32.2. The number of amides is 1. The van der Waals surface area contributed by atoms with Crippen LogP contribution in [0.25, 0.3) is 0 Å². The van der Waals surface area contributed by atoms with Crippen molar-refractivity contribution in [1.29, 1.82) is 0 Å². The molecule has 1 aliphatic heterocycles. The Morgan fingerprint density at radius 1 is 1.19 bits per heavy atom. The lowest BCUT2D eigenvalue weighted by Gasteiger charge is -2.25. The minimum absolute atomic E-state index is 0.0846. The zero-order valence-corrected chi connectivity index (χ0v) is 17.2. The van der Waals surface area contributed by atoms with Crippen molar-refractivity contribution >= 4 is 16.1 Å². The van der Waals surface area contributed by atoms with Gasteiger partial charge in [-0.1, -0.05) is 25.1 Å². The van der Waals surface area contributed by atoms with Gasteiger partial charge < -0.3 is 4.74 Å². The van der Waals surface area contributed by atoms with E-state index in [-0.39, 0.29) is 12.3 Å². The number of rotatable bonds is 3. The van der Waals surface area contributed by atoms with Gasteiger partial charge in [0.15, 0.2) is 0 Å². The average Bonchev–Trinajstić information content (AvgIpc) is 2.66. The largest absolute Gasteiger partial charge is 0.443 e. The van der Waals surface area contributed by atoms with Crippen LogP contribution in [0, 0.1) is 6.92 Å². The van der Waals surface area contributed by atoms with Crippen LogP contribution in [-0.4, -0.2) is 54.7 Å². The van der Waals surface area contributed by atoms with Crippen molar-refractivity contribution in [2.45, 2.75) is 53.2 Å². The maximum absolute atomic E-state index is 12.5. The van der Waals surface area contributed by atoms with Gasteiger partial charge in [-0.25, -0.2) is 17.5 Å². The van der Waals surface area contributed by atoms with E-state index in [4.69, 9.17) is 4.74 Å². The van der Waals surface area contributed by atoms with Crippen LogP contribution in [0.1, 0.15) is 44.4 Å². The van der Waals surface area contributed by atoms with Crippen molar-refractivity contribution in [2.24, 2.45) is 0 Å². The Bertz CT molecular complexity index is 753. The SMILES string of the molecule is CCc1cc(CN2CCN(C(=O)OC(C)(C)C)S(=O)(=O)CC2)ccc1C. The van der Waals surface area contributed by atoms with Gasteiger partial charge >= 0.3 is 6.09 Å². The number of aryl methyl sites for hydroxylation is 2. The lowest BCUT2D eigenvalue weighted by Crippen LogP contribution is -2.42. The molecule has 1 saturated heterocycles. The van der Waals surface area contributed by atoms with Crippen LogP contribution in [0.5, 0.6) is 0 Å². The number of carbonyl (C=O) groups excluding carboxylic acids is 1. The summed E-state index contributed by atoms with van der Waals surface area (Å²) in [5, 5.41) is 0. The van der Waals surface area contributed by atoms with Crippen molar-refractivity contribution in [1.82, 2.24) is 9.21 Å². The first kappa shape index (κ1) is 20.7. The third-order valence-corrected chi connectivity index (χ3v) is 6.12. The second-order valence-corrected chi connectivity index (χ2v) is 9.77. The Hall–Kier alpha value is -1.60. The minimum atomic E-state index is -3.66. The highest BCUT2D eigenvalue weighted by Crippen LogP contribution is 2.18. The molecule has 6 nitrogen and oxygen atoms in total. The molecular weight excluding hydrogens is 352 g/mol. The lowest BCUT2D eigenvalue weighted by molar-refractivity contribution is 0.0386. The molecule has 0 aromatic heterocycles. The molecule has 26 heavy (non-hydrogen) atoms. The van der Waals surface area contributed by atoms with Crippen molar-refractivity contribution < 1.29 is 17.9 Å². The Labute approximate surface area is 157 Å². The van der Waals surface area contributed by atoms with Crippen LogP contribution in [0.4, 0.5) is 4.79 Å². The van der Waals surface area contributed by atoms with Gasteiger partial charge in [0.25, 0.3) is 0 Å². The van der Waals surface area contributed by atoms with Crippen molar-refractivity contribution in [3.63, 3.8) is 0 Å². The van der Waals surface area contributed by atoms with Gasteiger partial charge in [-0.05, 0) is 50.8 Å². The summed E-state index contributed by atoms with van der Waals surface area (Å²) in [6, 6.07) is 6.37. The number of sulfonamides is 1. The normalized spacial score (nSPS) is 18.4. The number of ether oxygens (including phenoxy) is 1. The molecule has 0 saturated carbocycles. The molecule has 2 rings (SSSR count). The summed E-state index contributed by atoms with van der Waals surface area (Å²) < 4.78 is 31.1. The van der Waals surface area contributed by atoms with Gasteiger partial charge in [-0.2, -0.15) is 0 Å². The Morgan fingerprint density at radius 2 is 1.88 bits per heavy atom. The topological polar surface area (TPSA) is 66.9 Å². The molecule has 0 aliphatic carbocycles. The highest BCUT2D eigenvalue weighted by molar-refractivity contribution is 7.89. The van der Waals surface area contributed by atoms with Gasteiger partial charge in [0, 0.05) is 19.6 Å². The van der Waals surface area contributed by atoms with E-state index in [0.29, 0.717) is 19.6 Å². The third-order valence-electron chi connectivity index (χ3n) is 4.42. The number of hydrogen-bond donors (Lipinski definition) is 0. The molecule has 1 amide bonds. The number of carbonyl (C=O) groups is 1. The fourth-order valence-corrected chi connectivity index (χ4v) is 4.31. The molecule has 0 bridgehead atoms. The average molecular weight is 383 g/mol. The van der Waals surface area contributed by atoms with Crippen LogP contribution in [-0.2, 0) is 27.7 Å². The molecule has 146 valence electrons. The molecule has 1 fully saturated rings. The maximum Gasteiger partial charge on any atom is 0.424 e. The Kier molecular flexibility index (Phi) is 6.34. The first-order chi connectivity index (χ1) is 12.0. The van der Waals surface area contributed by atoms with E-state index < -0.39 is 21.7 Å². The number of nitrogens with zero attached hydrogens (tertiary/aromatic N) is 2. The van der Waals surface area contributed by atoms with Crippen LogP contribution >= 0.6 is 0 Å². The fraction of sp³-hybridized carbons (Fsp3) is 0.632. The van der Waals surface area contributed by atoms with E-state index in [2.05, 4.69) is 36.9 Å². The van der Waals surface area contributed by atoms with Gasteiger partial charge in [-0.15, -0.1) is 0 Å². The summed E-state index contributed by atoms with van der Waals surface area (Å²) in [7, 11) is -3.66. The highest BCUT2D eigenvalue weighted by Gasteiger charge is 2.34. The Morgan fingerprint density at radius 3 is 2.50 bits per heavy atom. The molecule has 1 aromatic rings. The van der Waals surface area contributed by atoms with E-state index >= 15 is 0 Å². The smallest absolute Gasteiger partial charge is 0.424 e. The molecule has 1 heterocycles. The van der Waals surface area contributed by atoms with Crippen LogP contribution in [0.3, 0.4) is 0 Å². The molecule has 0 spiro atoms. The number of hydrogen-bond acceptors (Lipinski definition) is 5. The second-order valence-electron chi connectivity index (χ2n) is 7.76. The number of benzene rings is 1. The molecule has 1 aromatic carbocycles. The van der Waals surface area contributed by atoms with Crippen LogP contribution < -0.4 is 0 Å². The van der Waals surface area contributed by atoms with Gasteiger partial charge in [0.1, 0.15) is 5.60 Å². The summed E-state index contributed by atoms with van der Waals surface area (Å²) in [6.07, 6.45) is 0.184. The predicted molar refractivity (Wildman–Crippen MR) is 103 cm³/mol. The van der Waals surface area contributed by atoms with E-state index in [9.17, 15) is 13.2 Å². The predicted octanol–water partition coefficient (Wildman–Crippen LogP) is 2.94. The van der Waals surface area contributed by atoms with E-state index in [0.717, 1.165) is 16.3 Å². The van der Waals surface area contributed by atoms with Crippen molar-refractivity contribution in [3.05, 3.63) is 34.9 Å². The summed E-state index contributed by atoms with van der Waals surface area (Å²) >= 11 is 0. The summed E-state index contributed by atoms with van der Waals surface area (Å²) in [5.74, 6) is -0.0846. The summed E-state index contributed by atoms with van der Waals surface area (Å²) in [5.41, 5.74) is 3.01. The van der Waals surface area contributed by atoms with E-state index in [1.807, 2.05) is 0 Å². The van der Waals surface area contributed by atoms with Crippen molar-refractivity contribution in [2.75, 3.05) is 25.4 Å². The van der Waals surface area contributed by atoms with E-state index in [1.165, 1.54) is 11.1 Å². The first-order valence-corrected chi connectivity index (χ1v) is 10.7. The molecule has 0 unspecified atom stereocenters. The van der Waals surface area contributed by atoms with Gasteiger partial charge in [-0.3, -0.25) is 4.90 Å². The molecule has 0 atom stereocenters. The quantitative estimate of drug-likeness (QED) is 0.804. The van der Waals surface area contributed by atoms with Crippen molar-refractivity contribution in [3.8, 4) is 0 Å². The molecule has 7 heteroatoms. The molecule has 1 aliphatic rings. The van der Waals surface area contributed by atoms with Crippen LogP contribution in [0.15, 0.2) is 18.2 Å². The lowest BCUT2D eigenvalue weighted by atomic mass is 10.0. The molecule has 0 radical (unpaired) electrons.